The van der Waals surface area contributed by atoms with Gasteiger partial charge >= 0.3 is 12.0 Å². The molecule has 0 aliphatic rings. The second kappa shape index (κ2) is 8.99. The lowest BCUT2D eigenvalue weighted by Gasteiger charge is -2.20. The standard InChI is InChI=1S/C16H20N2O4S/c1-16(2,3)18-15(21)17-13(19)11-22-14(20)9-10-23-12-7-5-4-6-8-12/h4-10H,11H2,1-3H3,(H2,17,18,19,21)/b10-9+. The van der Waals surface area contributed by atoms with E-state index in [0.717, 1.165) is 4.90 Å². The van der Waals surface area contributed by atoms with Gasteiger partial charge in [-0.05, 0) is 38.3 Å². The van der Waals surface area contributed by atoms with Crippen LogP contribution in [0.4, 0.5) is 4.79 Å². The van der Waals surface area contributed by atoms with E-state index >= 15 is 0 Å². The topological polar surface area (TPSA) is 84.5 Å². The molecule has 0 saturated carbocycles. The first-order chi connectivity index (χ1) is 10.8. The summed E-state index contributed by atoms with van der Waals surface area (Å²) in [6, 6.07) is 8.86. The number of carbonyl (C=O) groups is 3. The monoisotopic (exact) mass is 336 g/mol. The van der Waals surface area contributed by atoms with E-state index in [1.165, 1.54) is 17.8 Å². The largest absolute Gasteiger partial charge is 0.452 e. The fraction of sp³-hybridized carbons (Fsp3) is 0.312. The van der Waals surface area contributed by atoms with Crippen LogP contribution in [0, 0.1) is 0 Å². The van der Waals surface area contributed by atoms with Crippen LogP contribution in [0.15, 0.2) is 46.7 Å². The molecule has 0 aliphatic carbocycles. The summed E-state index contributed by atoms with van der Waals surface area (Å²) in [4.78, 5) is 35.3. The Hall–Kier alpha value is -2.28. The van der Waals surface area contributed by atoms with Crippen molar-refractivity contribution in [3.63, 3.8) is 0 Å². The molecule has 0 saturated heterocycles. The van der Waals surface area contributed by atoms with Gasteiger partial charge in [-0.2, -0.15) is 0 Å². The number of amides is 3. The third kappa shape index (κ3) is 9.36. The van der Waals surface area contributed by atoms with Crippen molar-refractivity contribution in [3.05, 3.63) is 41.8 Å². The number of nitrogens with one attached hydrogen (secondary N) is 2. The van der Waals surface area contributed by atoms with E-state index in [1.54, 1.807) is 26.2 Å². The van der Waals surface area contributed by atoms with Crippen LogP contribution in [0.3, 0.4) is 0 Å². The lowest BCUT2D eigenvalue weighted by atomic mass is 10.1. The summed E-state index contributed by atoms with van der Waals surface area (Å²) in [6.07, 6.45) is 1.22. The Balaban J connectivity index is 2.27. The van der Waals surface area contributed by atoms with Gasteiger partial charge in [-0.1, -0.05) is 30.0 Å². The lowest BCUT2D eigenvalue weighted by Crippen LogP contribution is -2.49. The van der Waals surface area contributed by atoms with E-state index in [0.29, 0.717) is 0 Å². The molecule has 124 valence electrons. The van der Waals surface area contributed by atoms with E-state index in [2.05, 4.69) is 10.6 Å². The van der Waals surface area contributed by atoms with Crippen LogP contribution in [0.25, 0.3) is 0 Å². The Morgan fingerprint density at radius 2 is 1.83 bits per heavy atom. The Kier molecular flexibility index (Phi) is 7.34. The molecule has 1 aromatic carbocycles. The summed E-state index contributed by atoms with van der Waals surface area (Å²) in [5.41, 5.74) is -0.460. The zero-order chi connectivity index (χ0) is 17.3. The zero-order valence-electron chi connectivity index (χ0n) is 13.3. The van der Waals surface area contributed by atoms with E-state index in [9.17, 15) is 14.4 Å². The molecule has 6 nitrogen and oxygen atoms in total. The van der Waals surface area contributed by atoms with Crippen molar-refractivity contribution < 1.29 is 19.1 Å². The average Bonchev–Trinajstić information content (AvgIpc) is 2.44. The molecule has 3 amide bonds. The summed E-state index contributed by atoms with van der Waals surface area (Å²) < 4.78 is 4.74. The number of ether oxygens (including phenoxy) is 1. The Labute approximate surface area is 139 Å². The average molecular weight is 336 g/mol. The van der Waals surface area contributed by atoms with E-state index in [1.807, 2.05) is 30.3 Å². The highest BCUT2D eigenvalue weighted by atomic mass is 32.2. The van der Waals surface area contributed by atoms with Gasteiger partial charge in [-0.25, -0.2) is 9.59 Å². The van der Waals surface area contributed by atoms with Gasteiger partial charge in [-0.15, -0.1) is 0 Å². The van der Waals surface area contributed by atoms with E-state index < -0.39 is 30.1 Å². The molecule has 0 aromatic heterocycles. The van der Waals surface area contributed by atoms with Crippen LogP contribution in [0.2, 0.25) is 0 Å². The number of imide groups is 1. The molecule has 7 heteroatoms. The normalized spacial score (nSPS) is 11.1. The molecule has 0 atom stereocenters. The molecule has 0 aliphatic heterocycles. The maximum atomic E-state index is 11.5. The van der Waals surface area contributed by atoms with Crippen molar-refractivity contribution in [2.45, 2.75) is 31.2 Å². The highest BCUT2D eigenvalue weighted by Gasteiger charge is 2.16. The minimum Gasteiger partial charge on any atom is -0.452 e. The number of hydrogen-bond acceptors (Lipinski definition) is 5. The number of benzene rings is 1. The molecule has 0 bridgehead atoms. The Bertz CT molecular complexity index is 579. The van der Waals surface area contributed by atoms with Gasteiger partial charge < -0.3 is 10.1 Å². The number of esters is 1. The molecule has 2 N–H and O–H groups in total. The summed E-state index contributed by atoms with van der Waals surface area (Å²) in [5.74, 6) is -1.34. The first-order valence-electron chi connectivity index (χ1n) is 6.93. The van der Waals surface area contributed by atoms with Gasteiger partial charge in [0.2, 0.25) is 0 Å². The van der Waals surface area contributed by atoms with Gasteiger partial charge in [0, 0.05) is 16.5 Å². The molecule has 0 unspecified atom stereocenters. The van der Waals surface area contributed by atoms with Crippen LogP contribution in [0.1, 0.15) is 20.8 Å². The number of hydrogen-bond donors (Lipinski definition) is 2. The fourth-order valence-electron chi connectivity index (χ4n) is 1.39. The zero-order valence-corrected chi connectivity index (χ0v) is 14.1. The third-order valence-corrected chi connectivity index (χ3v) is 3.05. The van der Waals surface area contributed by atoms with E-state index in [4.69, 9.17) is 4.74 Å². The molecule has 1 aromatic rings. The smallest absolute Gasteiger partial charge is 0.331 e. The predicted octanol–water partition coefficient (Wildman–Crippen LogP) is 2.46. The van der Waals surface area contributed by atoms with Crippen LogP contribution >= 0.6 is 11.8 Å². The van der Waals surface area contributed by atoms with Crippen LogP contribution in [0.5, 0.6) is 0 Å². The van der Waals surface area contributed by atoms with E-state index in [-0.39, 0.29) is 0 Å². The first-order valence-corrected chi connectivity index (χ1v) is 7.81. The lowest BCUT2D eigenvalue weighted by molar-refractivity contribution is -0.143. The fourth-order valence-corrected chi connectivity index (χ4v) is 2.04. The highest BCUT2D eigenvalue weighted by Crippen LogP contribution is 2.17. The SMILES string of the molecule is CC(C)(C)NC(=O)NC(=O)COC(=O)/C=C/Sc1ccccc1. The second-order valence-corrected chi connectivity index (χ2v) is 6.57. The summed E-state index contributed by atoms with van der Waals surface area (Å²) >= 11 is 1.35. The molecule has 0 heterocycles. The maximum Gasteiger partial charge on any atom is 0.331 e. The third-order valence-electron chi connectivity index (χ3n) is 2.24. The predicted molar refractivity (Wildman–Crippen MR) is 88.8 cm³/mol. The minimum absolute atomic E-state index is 0.460. The van der Waals surface area contributed by atoms with Gasteiger partial charge in [0.15, 0.2) is 6.61 Å². The second-order valence-electron chi connectivity index (χ2n) is 5.59. The Morgan fingerprint density at radius 3 is 2.43 bits per heavy atom. The molecule has 0 radical (unpaired) electrons. The van der Waals surface area contributed by atoms with Crippen molar-refractivity contribution in [2.24, 2.45) is 0 Å². The summed E-state index contributed by atoms with van der Waals surface area (Å²) in [5, 5.41) is 6.21. The Morgan fingerprint density at radius 1 is 1.17 bits per heavy atom. The quantitative estimate of drug-likeness (QED) is 0.490. The van der Waals surface area contributed by atoms with Gasteiger partial charge in [-0.3, -0.25) is 10.1 Å². The molecule has 0 spiro atoms. The van der Waals surface area contributed by atoms with Crippen molar-refractivity contribution in [1.29, 1.82) is 0 Å². The van der Waals surface area contributed by atoms with Crippen molar-refractivity contribution in [2.75, 3.05) is 6.61 Å². The number of carbonyl (C=O) groups excluding carboxylic acids is 3. The number of urea groups is 1. The van der Waals surface area contributed by atoms with Crippen molar-refractivity contribution in [1.82, 2.24) is 10.6 Å². The van der Waals surface area contributed by atoms with Crippen LogP contribution in [-0.4, -0.2) is 30.1 Å². The number of thioether (sulfide) groups is 1. The number of rotatable bonds is 5. The van der Waals surface area contributed by atoms with Crippen molar-refractivity contribution in [3.8, 4) is 0 Å². The molecule has 1 rings (SSSR count). The maximum absolute atomic E-state index is 11.5. The van der Waals surface area contributed by atoms with Gasteiger partial charge in [0.1, 0.15) is 0 Å². The van der Waals surface area contributed by atoms with Gasteiger partial charge in [0.05, 0.1) is 0 Å². The summed E-state index contributed by atoms with van der Waals surface area (Å²) in [6.45, 7) is 4.83. The van der Waals surface area contributed by atoms with Crippen molar-refractivity contribution >= 4 is 29.7 Å². The first kappa shape index (κ1) is 18.8. The molecular weight excluding hydrogens is 316 g/mol. The van der Waals surface area contributed by atoms with Gasteiger partial charge in [0.25, 0.3) is 5.91 Å². The van der Waals surface area contributed by atoms with Crippen LogP contribution in [-0.2, 0) is 14.3 Å². The molecule has 0 fully saturated rings. The minimum atomic E-state index is -0.691. The molecule has 23 heavy (non-hydrogen) atoms. The highest BCUT2D eigenvalue weighted by molar-refractivity contribution is 8.02. The molecular formula is C16H20N2O4S. The van der Waals surface area contributed by atoms with Crippen LogP contribution < -0.4 is 10.6 Å². The summed E-state index contributed by atoms with van der Waals surface area (Å²) in [7, 11) is 0.